The monoisotopic (exact) mass is 356 g/mol. The summed E-state index contributed by atoms with van der Waals surface area (Å²) in [6.07, 6.45) is 6.23. The van der Waals surface area contributed by atoms with Gasteiger partial charge >= 0.3 is 0 Å². The fraction of sp³-hybridized carbons (Fsp3) is 0.0714. The highest BCUT2D eigenvalue weighted by Crippen LogP contribution is 2.28. The molecule has 5 nitrogen and oxygen atoms in total. The smallest absolute Gasteiger partial charge is 0.254 e. The van der Waals surface area contributed by atoms with Gasteiger partial charge in [-0.05, 0) is 17.7 Å². The van der Waals surface area contributed by atoms with Gasteiger partial charge in [0.25, 0.3) is 5.91 Å². The van der Waals surface area contributed by atoms with Crippen LogP contribution in [0, 0.1) is 24.0 Å². The number of terminal acetylenes is 1. The fourth-order valence-electron chi connectivity index (χ4n) is 1.66. The predicted molar refractivity (Wildman–Crippen MR) is 82.9 cm³/mol. The van der Waals surface area contributed by atoms with E-state index in [1.54, 1.807) is 0 Å². The molecule has 0 fully saturated rings. The quantitative estimate of drug-likeness (QED) is 0.652. The molecule has 0 spiro atoms. The molecule has 0 saturated carbocycles. The van der Waals surface area contributed by atoms with Crippen molar-refractivity contribution in [2.24, 2.45) is 0 Å². The maximum Gasteiger partial charge on any atom is 0.254 e. The number of benzene rings is 1. The number of rotatable bonds is 4. The first-order chi connectivity index (χ1) is 10.9. The van der Waals surface area contributed by atoms with Gasteiger partial charge in [0.15, 0.2) is 5.82 Å². The lowest BCUT2D eigenvalue weighted by Gasteiger charge is -2.13. The molecule has 1 aromatic carbocycles. The lowest BCUT2D eigenvalue weighted by molar-refractivity contribution is 0.0958. The van der Waals surface area contributed by atoms with Crippen molar-refractivity contribution in [1.29, 1.82) is 0 Å². The van der Waals surface area contributed by atoms with E-state index in [4.69, 9.17) is 29.6 Å². The van der Waals surface area contributed by atoms with Gasteiger partial charge in [0, 0.05) is 6.07 Å². The summed E-state index contributed by atoms with van der Waals surface area (Å²) in [7, 11) is 0. The Morgan fingerprint density at radius 1 is 1.35 bits per heavy atom. The summed E-state index contributed by atoms with van der Waals surface area (Å²) in [6, 6.07) is 1.46. The molecule has 0 unspecified atom stereocenters. The van der Waals surface area contributed by atoms with Gasteiger partial charge in [0.1, 0.15) is 16.7 Å². The van der Waals surface area contributed by atoms with Gasteiger partial charge in [-0.15, -0.1) is 6.42 Å². The second kappa shape index (κ2) is 7.22. The average molecular weight is 357 g/mol. The number of halogens is 4. The Balaban J connectivity index is 2.46. The molecule has 1 heterocycles. The summed E-state index contributed by atoms with van der Waals surface area (Å²) in [5, 5.41) is 4.72. The summed E-state index contributed by atoms with van der Waals surface area (Å²) in [5.41, 5.74) is -0.624. The van der Waals surface area contributed by atoms with Crippen molar-refractivity contribution < 1.29 is 13.6 Å². The zero-order valence-corrected chi connectivity index (χ0v) is 12.8. The SMILES string of the molecule is C#CCNC(=O)c1cc(F)cc(F)c1Nc1nc(Cl)ncc1Cl. The van der Waals surface area contributed by atoms with Crippen molar-refractivity contribution in [2.45, 2.75) is 0 Å². The van der Waals surface area contributed by atoms with Gasteiger partial charge in [-0.2, -0.15) is 4.98 Å². The summed E-state index contributed by atoms with van der Waals surface area (Å²) in [5.74, 6) is -0.556. The first kappa shape index (κ1) is 16.9. The largest absolute Gasteiger partial charge is 0.341 e. The summed E-state index contributed by atoms with van der Waals surface area (Å²) in [4.78, 5) is 19.4. The zero-order chi connectivity index (χ0) is 17.0. The molecule has 0 bridgehead atoms. The lowest BCUT2D eigenvalue weighted by atomic mass is 10.1. The maximum absolute atomic E-state index is 14.1. The number of nitrogens with zero attached hydrogens (tertiary/aromatic N) is 2. The van der Waals surface area contributed by atoms with Gasteiger partial charge in [-0.3, -0.25) is 4.79 Å². The third-order valence-electron chi connectivity index (χ3n) is 2.61. The van der Waals surface area contributed by atoms with Crippen molar-refractivity contribution in [1.82, 2.24) is 15.3 Å². The molecule has 2 rings (SSSR count). The van der Waals surface area contributed by atoms with Crippen LogP contribution >= 0.6 is 23.2 Å². The molecule has 2 N–H and O–H groups in total. The van der Waals surface area contributed by atoms with Gasteiger partial charge < -0.3 is 10.6 Å². The second-order valence-electron chi connectivity index (χ2n) is 4.16. The number of aromatic nitrogens is 2. The van der Waals surface area contributed by atoms with Gasteiger partial charge in [0.05, 0.1) is 24.0 Å². The van der Waals surface area contributed by atoms with Crippen LogP contribution in [0.4, 0.5) is 20.3 Å². The van der Waals surface area contributed by atoms with E-state index in [1.165, 1.54) is 6.20 Å². The van der Waals surface area contributed by atoms with Crippen LogP contribution in [-0.4, -0.2) is 22.4 Å². The third kappa shape index (κ3) is 4.06. The minimum Gasteiger partial charge on any atom is -0.341 e. The summed E-state index contributed by atoms with van der Waals surface area (Å²) < 4.78 is 27.5. The van der Waals surface area contributed by atoms with Gasteiger partial charge in [-0.1, -0.05) is 17.5 Å². The first-order valence-corrected chi connectivity index (χ1v) is 6.83. The molecule has 23 heavy (non-hydrogen) atoms. The number of amides is 1. The van der Waals surface area contributed by atoms with E-state index in [2.05, 4.69) is 26.5 Å². The van der Waals surface area contributed by atoms with E-state index < -0.39 is 17.5 Å². The highest BCUT2D eigenvalue weighted by molar-refractivity contribution is 6.33. The number of hydrogen-bond acceptors (Lipinski definition) is 4. The number of carbonyl (C=O) groups excluding carboxylic acids is 1. The maximum atomic E-state index is 14.1. The highest BCUT2D eigenvalue weighted by atomic mass is 35.5. The van der Waals surface area contributed by atoms with Crippen molar-refractivity contribution >= 4 is 40.6 Å². The topological polar surface area (TPSA) is 66.9 Å². The van der Waals surface area contributed by atoms with E-state index in [0.29, 0.717) is 6.07 Å². The molecular weight excluding hydrogens is 349 g/mol. The number of nitrogens with one attached hydrogen (secondary N) is 2. The molecule has 0 aliphatic rings. The standard InChI is InChI=1S/C14H8Cl2F2N4O/c1-2-3-19-13(23)8-4-7(17)5-10(18)11(8)21-12-9(15)6-20-14(16)22-12/h1,4-6H,3H2,(H,19,23)(H,20,21,22). The van der Waals surface area contributed by atoms with E-state index in [0.717, 1.165) is 6.07 Å². The summed E-state index contributed by atoms with van der Waals surface area (Å²) in [6.45, 7) is -0.101. The molecule has 1 amide bonds. The molecule has 0 saturated heterocycles. The van der Waals surface area contributed by atoms with E-state index in [9.17, 15) is 13.6 Å². The van der Waals surface area contributed by atoms with Crippen LogP contribution in [0.2, 0.25) is 10.3 Å². The molecule has 0 atom stereocenters. The van der Waals surface area contributed by atoms with Crippen LogP contribution in [0.3, 0.4) is 0 Å². The molecule has 118 valence electrons. The van der Waals surface area contributed by atoms with Crippen LogP contribution < -0.4 is 10.6 Å². The van der Waals surface area contributed by atoms with Crippen molar-refractivity contribution in [3.8, 4) is 12.3 Å². The third-order valence-corrected chi connectivity index (χ3v) is 3.07. The molecule has 0 radical (unpaired) electrons. The first-order valence-electron chi connectivity index (χ1n) is 6.08. The molecule has 0 aliphatic heterocycles. The van der Waals surface area contributed by atoms with E-state index in [1.807, 2.05) is 0 Å². The minimum absolute atomic E-state index is 0.0353. The van der Waals surface area contributed by atoms with Crippen LogP contribution in [0.5, 0.6) is 0 Å². The van der Waals surface area contributed by atoms with Crippen LogP contribution in [0.15, 0.2) is 18.3 Å². The van der Waals surface area contributed by atoms with Crippen LogP contribution in [-0.2, 0) is 0 Å². The predicted octanol–water partition coefficient (Wildman–Crippen LogP) is 3.17. The Labute approximate surface area is 140 Å². The number of hydrogen-bond donors (Lipinski definition) is 2. The van der Waals surface area contributed by atoms with Gasteiger partial charge in [-0.25, -0.2) is 13.8 Å². The Kier molecular flexibility index (Phi) is 5.32. The normalized spacial score (nSPS) is 10.0. The van der Waals surface area contributed by atoms with Crippen molar-refractivity contribution in [3.05, 3.63) is 45.8 Å². The van der Waals surface area contributed by atoms with Gasteiger partial charge in [0.2, 0.25) is 5.28 Å². The summed E-state index contributed by atoms with van der Waals surface area (Å²) >= 11 is 11.5. The van der Waals surface area contributed by atoms with Crippen LogP contribution in [0.25, 0.3) is 0 Å². The number of anilines is 2. The Bertz CT molecular complexity index is 808. The molecular formula is C14H8Cl2F2N4O. The molecule has 9 heteroatoms. The fourth-order valence-corrected chi connectivity index (χ4v) is 1.93. The second-order valence-corrected chi connectivity index (χ2v) is 4.90. The Hall–Kier alpha value is -2.43. The zero-order valence-electron chi connectivity index (χ0n) is 11.3. The van der Waals surface area contributed by atoms with Crippen molar-refractivity contribution in [3.63, 3.8) is 0 Å². The number of carbonyl (C=O) groups is 1. The Morgan fingerprint density at radius 2 is 2.09 bits per heavy atom. The average Bonchev–Trinajstić information content (AvgIpc) is 2.50. The van der Waals surface area contributed by atoms with E-state index in [-0.39, 0.29) is 33.9 Å². The molecule has 1 aromatic heterocycles. The minimum atomic E-state index is -1.01. The molecule has 2 aromatic rings. The Morgan fingerprint density at radius 3 is 2.78 bits per heavy atom. The lowest BCUT2D eigenvalue weighted by Crippen LogP contribution is -2.25. The van der Waals surface area contributed by atoms with E-state index >= 15 is 0 Å². The van der Waals surface area contributed by atoms with Crippen LogP contribution in [0.1, 0.15) is 10.4 Å². The highest BCUT2D eigenvalue weighted by Gasteiger charge is 2.19. The molecule has 0 aliphatic carbocycles. The van der Waals surface area contributed by atoms with Crippen molar-refractivity contribution in [2.75, 3.05) is 11.9 Å².